The fourth-order valence-electron chi connectivity index (χ4n) is 1.26. The molecule has 84 valence electrons. The molecule has 0 bridgehead atoms. The summed E-state index contributed by atoms with van der Waals surface area (Å²) in [5, 5.41) is 1.94. The Morgan fingerprint density at radius 1 is 1.67 bits per heavy atom. The van der Waals surface area contributed by atoms with Crippen LogP contribution in [0.2, 0.25) is 0 Å². The summed E-state index contributed by atoms with van der Waals surface area (Å²) in [7, 11) is 1.88. The van der Waals surface area contributed by atoms with Gasteiger partial charge in [-0.3, -0.25) is 4.79 Å². The van der Waals surface area contributed by atoms with Crippen LogP contribution in [0.3, 0.4) is 0 Å². The number of carbonyl (C=O) groups excluding carboxylic acids is 1. The minimum atomic E-state index is 0.138. The molecule has 0 saturated carbocycles. The Hall–Kier alpha value is -0.480. The summed E-state index contributed by atoms with van der Waals surface area (Å²) in [5.41, 5.74) is 0. The van der Waals surface area contributed by atoms with Gasteiger partial charge in [0.15, 0.2) is 0 Å². The molecule has 2 nitrogen and oxygen atoms in total. The molecule has 0 aromatic carbocycles. The predicted octanol–water partition coefficient (Wildman–Crippen LogP) is 2.96. The molecular weight excluding hydrogens is 226 g/mol. The van der Waals surface area contributed by atoms with Gasteiger partial charge in [0.1, 0.15) is 0 Å². The van der Waals surface area contributed by atoms with Crippen molar-refractivity contribution in [2.24, 2.45) is 0 Å². The molecule has 0 fully saturated rings. The molecule has 1 heterocycles. The lowest BCUT2D eigenvalue weighted by atomic mass is 10.2. The first-order chi connectivity index (χ1) is 7.16. The van der Waals surface area contributed by atoms with Crippen LogP contribution in [-0.2, 0) is 0 Å². The Bertz CT molecular complexity index is 298. The van der Waals surface area contributed by atoms with Gasteiger partial charge in [0.25, 0.3) is 5.91 Å². The third-order valence-corrected chi connectivity index (χ3v) is 3.96. The smallest absolute Gasteiger partial charge is 0.263 e. The zero-order valence-corrected chi connectivity index (χ0v) is 11.0. The number of thioether (sulfide) groups is 1. The van der Waals surface area contributed by atoms with E-state index in [0.717, 1.165) is 17.1 Å². The molecule has 4 heteroatoms. The number of hydrogen-bond acceptors (Lipinski definition) is 3. The van der Waals surface area contributed by atoms with Gasteiger partial charge in [0, 0.05) is 13.1 Å². The van der Waals surface area contributed by atoms with E-state index < -0.39 is 0 Å². The lowest BCUT2D eigenvalue weighted by molar-refractivity contribution is 0.0746. The Labute approximate surface area is 99.7 Å². The van der Waals surface area contributed by atoms with Crippen LogP contribution < -0.4 is 0 Å². The van der Waals surface area contributed by atoms with Gasteiger partial charge in [0.2, 0.25) is 0 Å². The van der Waals surface area contributed by atoms with Crippen molar-refractivity contribution >= 4 is 29.0 Å². The maximum Gasteiger partial charge on any atom is 0.263 e. The Morgan fingerprint density at radius 2 is 2.40 bits per heavy atom. The maximum atomic E-state index is 11.9. The van der Waals surface area contributed by atoms with Gasteiger partial charge in [-0.15, -0.1) is 11.3 Å². The summed E-state index contributed by atoms with van der Waals surface area (Å²) in [6.07, 6.45) is 3.14. The van der Waals surface area contributed by atoms with Crippen molar-refractivity contribution in [2.75, 3.05) is 19.1 Å². The number of thiophene rings is 1. The molecule has 0 aliphatic rings. The van der Waals surface area contributed by atoms with Gasteiger partial charge in [0.05, 0.1) is 4.88 Å². The molecule has 1 rings (SSSR count). The quantitative estimate of drug-likeness (QED) is 0.792. The number of nitrogens with zero attached hydrogens (tertiary/aromatic N) is 1. The molecule has 15 heavy (non-hydrogen) atoms. The largest absolute Gasteiger partial charge is 0.338 e. The third-order valence-electron chi connectivity index (χ3n) is 2.45. The van der Waals surface area contributed by atoms with E-state index in [1.54, 1.807) is 0 Å². The van der Waals surface area contributed by atoms with Crippen LogP contribution in [0.25, 0.3) is 0 Å². The zero-order valence-electron chi connectivity index (χ0n) is 9.40. The van der Waals surface area contributed by atoms with Crippen molar-refractivity contribution in [3.8, 4) is 0 Å². The summed E-state index contributed by atoms with van der Waals surface area (Å²) < 4.78 is 0. The molecule has 1 aromatic rings. The van der Waals surface area contributed by atoms with Crippen molar-refractivity contribution in [1.29, 1.82) is 0 Å². The average Bonchev–Trinajstić information content (AvgIpc) is 2.77. The first kappa shape index (κ1) is 12.6. The van der Waals surface area contributed by atoms with Crippen LogP contribution in [-0.4, -0.2) is 35.9 Å². The summed E-state index contributed by atoms with van der Waals surface area (Å²) in [6, 6.07) is 4.11. The van der Waals surface area contributed by atoms with E-state index in [9.17, 15) is 4.79 Å². The lowest BCUT2D eigenvalue weighted by Gasteiger charge is -2.24. The molecule has 0 spiro atoms. The highest BCUT2D eigenvalue weighted by atomic mass is 32.2. The second-order valence-electron chi connectivity index (χ2n) is 3.52. The predicted molar refractivity (Wildman–Crippen MR) is 68.9 cm³/mol. The minimum Gasteiger partial charge on any atom is -0.338 e. The van der Waals surface area contributed by atoms with Gasteiger partial charge in [-0.1, -0.05) is 6.07 Å². The molecule has 0 N–H and O–H groups in total. The maximum absolute atomic E-state index is 11.9. The number of amides is 1. The fourth-order valence-corrected chi connectivity index (χ4v) is 2.54. The first-order valence-electron chi connectivity index (χ1n) is 4.96. The van der Waals surface area contributed by atoms with E-state index in [4.69, 9.17) is 0 Å². The fraction of sp³-hybridized carbons (Fsp3) is 0.545. The highest BCUT2D eigenvalue weighted by Crippen LogP contribution is 2.14. The minimum absolute atomic E-state index is 0.138. The van der Waals surface area contributed by atoms with E-state index >= 15 is 0 Å². The van der Waals surface area contributed by atoms with Gasteiger partial charge < -0.3 is 4.90 Å². The van der Waals surface area contributed by atoms with Crippen molar-refractivity contribution in [1.82, 2.24) is 4.90 Å². The molecule has 0 radical (unpaired) electrons. The standard InChI is InChI=1S/C11H17NOS2/c1-9(6-8-14-3)12(2)11(13)10-5-4-7-15-10/h4-5,7,9H,6,8H2,1-3H3. The van der Waals surface area contributed by atoms with Gasteiger partial charge >= 0.3 is 0 Å². The Balaban J connectivity index is 2.52. The van der Waals surface area contributed by atoms with Crippen LogP contribution in [0, 0.1) is 0 Å². The zero-order chi connectivity index (χ0) is 11.3. The second kappa shape index (κ2) is 6.18. The summed E-state index contributed by atoms with van der Waals surface area (Å²) in [6.45, 7) is 2.10. The van der Waals surface area contributed by atoms with Gasteiger partial charge in [-0.25, -0.2) is 0 Å². The number of rotatable bonds is 5. The van der Waals surface area contributed by atoms with Crippen LogP contribution in [0.1, 0.15) is 23.0 Å². The highest BCUT2D eigenvalue weighted by molar-refractivity contribution is 7.98. The normalized spacial score (nSPS) is 12.5. The molecular formula is C11H17NOS2. The molecule has 1 aromatic heterocycles. The van der Waals surface area contributed by atoms with E-state index in [1.807, 2.05) is 41.2 Å². The van der Waals surface area contributed by atoms with Gasteiger partial charge in [-0.2, -0.15) is 11.8 Å². The molecule has 1 unspecified atom stereocenters. The van der Waals surface area contributed by atoms with Crippen LogP contribution in [0.4, 0.5) is 0 Å². The topological polar surface area (TPSA) is 20.3 Å². The summed E-state index contributed by atoms with van der Waals surface area (Å²) in [4.78, 5) is 14.6. The van der Waals surface area contributed by atoms with Crippen molar-refractivity contribution in [3.05, 3.63) is 22.4 Å². The number of carbonyl (C=O) groups is 1. The molecule has 0 aliphatic carbocycles. The lowest BCUT2D eigenvalue weighted by Crippen LogP contribution is -2.34. The summed E-state index contributed by atoms with van der Waals surface area (Å²) in [5.74, 6) is 1.24. The van der Waals surface area contributed by atoms with Crippen molar-refractivity contribution < 1.29 is 4.79 Å². The van der Waals surface area contributed by atoms with Crippen molar-refractivity contribution in [3.63, 3.8) is 0 Å². The van der Waals surface area contributed by atoms with Crippen LogP contribution in [0.5, 0.6) is 0 Å². The molecule has 0 aliphatic heterocycles. The Kier molecular flexibility index (Phi) is 5.19. The monoisotopic (exact) mass is 243 g/mol. The van der Waals surface area contributed by atoms with E-state index in [1.165, 1.54) is 11.3 Å². The molecule has 1 atom stereocenters. The third kappa shape index (κ3) is 3.54. The van der Waals surface area contributed by atoms with Crippen LogP contribution in [0.15, 0.2) is 17.5 Å². The van der Waals surface area contributed by atoms with E-state index in [2.05, 4.69) is 13.2 Å². The Morgan fingerprint density at radius 3 is 2.93 bits per heavy atom. The van der Waals surface area contributed by atoms with E-state index in [0.29, 0.717) is 6.04 Å². The van der Waals surface area contributed by atoms with Crippen molar-refractivity contribution in [2.45, 2.75) is 19.4 Å². The second-order valence-corrected chi connectivity index (χ2v) is 5.46. The number of hydrogen-bond donors (Lipinski definition) is 0. The average molecular weight is 243 g/mol. The first-order valence-corrected chi connectivity index (χ1v) is 7.23. The van der Waals surface area contributed by atoms with Crippen LogP contribution >= 0.6 is 23.1 Å². The summed E-state index contributed by atoms with van der Waals surface area (Å²) >= 11 is 3.33. The SMILES string of the molecule is CSCCC(C)N(C)C(=O)c1cccs1. The highest BCUT2D eigenvalue weighted by Gasteiger charge is 2.17. The molecule has 0 saturated heterocycles. The molecule has 1 amide bonds. The van der Waals surface area contributed by atoms with E-state index in [-0.39, 0.29) is 5.91 Å². The van der Waals surface area contributed by atoms with Gasteiger partial charge in [-0.05, 0) is 36.8 Å².